The van der Waals surface area contributed by atoms with Gasteiger partial charge in [0.1, 0.15) is 6.54 Å². The van der Waals surface area contributed by atoms with Gasteiger partial charge in [0, 0.05) is 6.54 Å². The van der Waals surface area contributed by atoms with E-state index in [1.165, 1.54) is 10.8 Å². The van der Waals surface area contributed by atoms with Crippen molar-refractivity contribution in [2.45, 2.75) is 19.1 Å². The van der Waals surface area contributed by atoms with Crippen molar-refractivity contribution in [1.82, 2.24) is 10.0 Å². The molecule has 0 saturated heterocycles. The molecule has 5 nitrogen and oxygen atoms in total. The van der Waals surface area contributed by atoms with Crippen LogP contribution < -0.4 is 14.8 Å². The van der Waals surface area contributed by atoms with Gasteiger partial charge >= 0.3 is 6.18 Å². The normalized spacial score (nSPS) is 15.8. The average molecular weight is 309 g/mol. The Bertz CT molecular complexity index is 587. The summed E-state index contributed by atoms with van der Waals surface area (Å²) in [6.07, 6.45) is -3.84. The van der Waals surface area contributed by atoms with Gasteiger partial charge in [0.25, 0.3) is 10.2 Å². The van der Waals surface area contributed by atoms with Crippen LogP contribution in [0.4, 0.5) is 18.9 Å². The van der Waals surface area contributed by atoms with E-state index in [-0.39, 0.29) is 0 Å². The summed E-state index contributed by atoms with van der Waals surface area (Å²) in [4.78, 5) is 0. The maximum absolute atomic E-state index is 12.0. The summed E-state index contributed by atoms with van der Waals surface area (Å²) in [7, 11) is -4.25. The van der Waals surface area contributed by atoms with E-state index >= 15 is 0 Å². The van der Waals surface area contributed by atoms with E-state index < -0.39 is 22.9 Å². The second-order valence-corrected chi connectivity index (χ2v) is 5.91. The maximum Gasteiger partial charge on any atom is 0.402 e. The molecule has 1 heterocycles. The Labute approximate surface area is 114 Å². The smallest absolute Gasteiger partial charge is 0.312 e. The van der Waals surface area contributed by atoms with Gasteiger partial charge in [0.2, 0.25) is 0 Å². The van der Waals surface area contributed by atoms with Crippen LogP contribution in [0.5, 0.6) is 0 Å². The van der Waals surface area contributed by atoms with Gasteiger partial charge in [-0.25, -0.2) is 0 Å². The van der Waals surface area contributed by atoms with Crippen molar-refractivity contribution in [3.05, 3.63) is 29.3 Å². The summed E-state index contributed by atoms with van der Waals surface area (Å²) in [5.74, 6) is 0. The summed E-state index contributed by atoms with van der Waals surface area (Å²) >= 11 is 0. The number of fused-ring (bicyclic) bond motifs is 1. The van der Waals surface area contributed by atoms with Crippen LogP contribution in [-0.4, -0.2) is 27.7 Å². The van der Waals surface area contributed by atoms with Crippen molar-refractivity contribution in [1.29, 1.82) is 0 Å². The summed E-state index contributed by atoms with van der Waals surface area (Å²) in [6.45, 7) is -0.335. The number of hydrogen-bond acceptors (Lipinski definition) is 3. The van der Waals surface area contributed by atoms with Crippen LogP contribution >= 0.6 is 0 Å². The summed E-state index contributed by atoms with van der Waals surface area (Å²) in [5, 5.41) is 3.09. The molecule has 0 amide bonds. The molecule has 0 saturated carbocycles. The van der Waals surface area contributed by atoms with Gasteiger partial charge in [-0.05, 0) is 30.2 Å². The third-order valence-corrected chi connectivity index (χ3v) is 3.87. The maximum atomic E-state index is 12.0. The SMILES string of the molecule is O=S(=O)(NCC(F)(F)F)Nc1cccc2c1CNCC2. The fourth-order valence-corrected chi connectivity index (χ4v) is 2.87. The molecule has 2 rings (SSSR count). The van der Waals surface area contributed by atoms with E-state index in [0.29, 0.717) is 12.2 Å². The predicted octanol–water partition coefficient (Wildman–Crippen LogP) is 1.14. The molecule has 112 valence electrons. The first kappa shape index (κ1) is 15.1. The highest BCUT2D eigenvalue weighted by molar-refractivity contribution is 7.90. The van der Waals surface area contributed by atoms with Gasteiger partial charge in [-0.15, -0.1) is 0 Å². The van der Waals surface area contributed by atoms with Gasteiger partial charge in [0.05, 0.1) is 5.69 Å². The quantitative estimate of drug-likeness (QED) is 0.781. The number of rotatable bonds is 4. The van der Waals surface area contributed by atoms with Crippen LogP contribution in [0.15, 0.2) is 18.2 Å². The molecule has 0 fully saturated rings. The summed E-state index contributed by atoms with van der Waals surface area (Å²) < 4.78 is 62.9. The second kappa shape index (κ2) is 5.58. The monoisotopic (exact) mass is 309 g/mol. The Kier molecular flexibility index (Phi) is 4.21. The largest absolute Gasteiger partial charge is 0.402 e. The molecule has 1 aliphatic rings. The lowest BCUT2D eigenvalue weighted by atomic mass is 10.00. The van der Waals surface area contributed by atoms with Gasteiger partial charge in [-0.1, -0.05) is 12.1 Å². The van der Waals surface area contributed by atoms with Crippen LogP contribution in [0.2, 0.25) is 0 Å². The molecule has 0 spiro atoms. The van der Waals surface area contributed by atoms with Crippen molar-refractivity contribution in [2.75, 3.05) is 17.8 Å². The molecule has 0 atom stereocenters. The minimum Gasteiger partial charge on any atom is -0.312 e. The molecule has 3 N–H and O–H groups in total. The fourth-order valence-electron chi connectivity index (χ4n) is 1.97. The third kappa shape index (κ3) is 4.09. The van der Waals surface area contributed by atoms with Gasteiger partial charge in [-0.3, -0.25) is 4.72 Å². The van der Waals surface area contributed by atoms with Crippen molar-refractivity contribution in [3.63, 3.8) is 0 Å². The number of halogens is 3. The molecule has 0 unspecified atom stereocenters. The van der Waals surface area contributed by atoms with Crippen LogP contribution in [0.25, 0.3) is 0 Å². The van der Waals surface area contributed by atoms with Crippen molar-refractivity contribution in [3.8, 4) is 0 Å². The van der Waals surface area contributed by atoms with Crippen LogP contribution in [0.1, 0.15) is 11.1 Å². The standard InChI is InChI=1S/C11H14F3N3O2S/c12-11(13,14)7-16-20(18,19)17-10-3-1-2-8-4-5-15-6-9(8)10/h1-3,15-17H,4-7H2. The molecule has 1 aromatic carbocycles. The number of anilines is 1. The van der Waals surface area contributed by atoms with Crippen molar-refractivity contribution >= 4 is 15.9 Å². The molecule has 20 heavy (non-hydrogen) atoms. The molecule has 1 aliphatic heterocycles. The first-order valence-electron chi connectivity index (χ1n) is 5.92. The molecule has 0 radical (unpaired) electrons. The Morgan fingerprint density at radius 2 is 2.05 bits per heavy atom. The van der Waals surface area contributed by atoms with E-state index in [2.05, 4.69) is 10.0 Å². The summed E-state index contributed by atoms with van der Waals surface area (Å²) in [6, 6.07) is 5.07. The van der Waals surface area contributed by atoms with Gasteiger partial charge in [-0.2, -0.15) is 26.3 Å². The van der Waals surface area contributed by atoms with Gasteiger partial charge in [0.15, 0.2) is 0 Å². The number of nitrogens with one attached hydrogen (secondary N) is 3. The van der Waals surface area contributed by atoms with E-state index in [9.17, 15) is 21.6 Å². The lowest BCUT2D eigenvalue weighted by Gasteiger charge is -2.21. The Morgan fingerprint density at radius 1 is 1.30 bits per heavy atom. The van der Waals surface area contributed by atoms with E-state index in [1.54, 1.807) is 6.07 Å². The Balaban J connectivity index is 2.13. The Morgan fingerprint density at radius 3 is 2.75 bits per heavy atom. The highest BCUT2D eigenvalue weighted by atomic mass is 32.2. The molecule has 0 bridgehead atoms. The fraction of sp³-hybridized carbons (Fsp3) is 0.455. The second-order valence-electron chi connectivity index (χ2n) is 4.41. The van der Waals surface area contributed by atoms with Crippen molar-refractivity contribution < 1.29 is 21.6 Å². The third-order valence-electron chi connectivity index (χ3n) is 2.85. The van der Waals surface area contributed by atoms with E-state index in [1.807, 2.05) is 6.07 Å². The van der Waals surface area contributed by atoms with Crippen LogP contribution in [0.3, 0.4) is 0 Å². The number of alkyl halides is 3. The Hall–Kier alpha value is -1.32. The molecule has 9 heteroatoms. The lowest BCUT2D eigenvalue weighted by Crippen LogP contribution is -2.38. The zero-order valence-electron chi connectivity index (χ0n) is 10.4. The van der Waals surface area contributed by atoms with Crippen LogP contribution in [0, 0.1) is 0 Å². The molecule has 1 aromatic rings. The zero-order chi connectivity index (χ0) is 14.8. The number of hydrogen-bond donors (Lipinski definition) is 3. The predicted molar refractivity (Wildman–Crippen MR) is 68.5 cm³/mol. The van der Waals surface area contributed by atoms with E-state index in [0.717, 1.165) is 24.1 Å². The highest BCUT2D eigenvalue weighted by Gasteiger charge is 2.29. The zero-order valence-corrected chi connectivity index (χ0v) is 11.2. The number of benzene rings is 1. The molecular formula is C11H14F3N3O2S. The van der Waals surface area contributed by atoms with E-state index in [4.69, 9.17) is 0 Å². The first-order valence-corrected chi connectivity index (χ1v) is 7.41. The topological polar surface area (TPSA) is 70.2 Å². The summed E-state index contributed by atoms with van der Waals surface area (Å²) in [5.41, 5.74) is 2.04. The van der Waals surface area contributed by atoms with Gasteiger partial charge < -0.3 is 5.32 Å². The average Bonchev–Trinajstić information content (AvgIpc) is 2.36. The molecule has 0 aliphatic carbocycles. The minimum atomic E-state index is -4.59. The minimum absolute atomic E-state index is 0.296. The van der Waals surface area contributed by atoms with Crippen molar-refractivity contribution in [2.24, 2.45) is 0 Å². The highest BCUT2D eigenvalue weighted by Crippen LogP contribution is 2.23. The first-order chi connectivity index (χ1) is 9.27. The van der Waals surface area contributed by atoms with Crippen LogP contribution in [-0.2, 0) is 23.2 Å². The lowest BCUT2D eigenvalue weighted by molar-refractivity contribution is -0.121. The molecule has 0 aromatic heterocycles. The molecular weight excluding hydrogens is 295 g/mol.